The summed E-state index contributed by atoms with van der Waals surface area (Å²) in [7, 11) is 0. The summed E-state index contributed by atoms with van der Waals surface area (Å²) in [5.41, 5.74) is 1.26. The van der Waals surface area contributed by atoms with Crippen LogP contribution in [0.5, 0.6) is 0 Å². The van der Waals surface area contributed by atoms with Crippen molar-refractivity contribution in [2.24, 2.45) is 0 Å². The Kier molecular flexibility index (Phi) is 8.49. The van der Waals surface area contributed by atoms with Crippen LogP contribution in [-0.2, 0) is 18.0 Å². The molecule has 0 bridgehead atoms. The zero-order chi connectivity index (χ0) is 13.6. The van der Waals surface area contributed by atoms with Crippen molar-refractivity contribution < 1.29 is 4.74 Å². The van der Waals surface area contributed by atoms with Crippen molar-refractivity contribution in [1.29, 1.82) is 0 Å². The molecule has 2 heterocycles. The van der Waals surface area contributed by atoms with E-state index in [-0.39, 0.29) is 24.8 Å². The van der Waals surface area contributed by atoms with E-state index in [1.54, 1.807) is 0 Å². The van der Waals surface area contributed by atoms with Gasteiger partial charge in [-0.3, -0.25) is 4.90 Å². The van der Waals surface area contributed by atoms with Crippen molar-refractivity contribution >= 4 is 24.8 Å². The van der Waals surface area contributed by atoms with Crippen molar-refractivity contribution in [3.63, 3.8) is 0 Å². The van der Waals surface area contributed by atoms with Crippen LogP contribution in [0.2, 0.25) is 0 Å². The number of imidazole rings is 1. The second kappa shape index (κ2) is 9.85. The van der Waals surface area contributed by atoms with Crippen LogP contribution in [0.15, 0.2) is 49.1 Å². The lowest BCUT2D eigenvalue weighted by atomic mass is 10.1. The maximum atomic E-state index is 6.01. The summed E-state index contributed by atoms with van der Waals surface area (Å²) >= 11 is 0. The fourth-order valence-corrected chi connectivity index (χ4v) is 2.61. The molecular weight excluding hydrogens is 321 g/mol. The average Bonchev–Trinajstić information content (AvgIpc) is 3.01. The summed E-state index contributed by atoms with van der Waals surface area (Å²) in [5.74, 6) is 0. The van der Waals surface area contributed by atoms with Crippen LogP contribution in [0.25, 0.3) is 0 Å². The molecule has 0 atom stereocenters. The van der Waals surface area contributed by atoms with Gasteiger partial charge >= 0.3 is 0 Å². The Bertz CT molecular complexity index is 499. The van der Waals surface area contributed by atoms with E-state index in [1.807, 2.05) is 24.8 Å². The molecule has 0 N–H and O–H groups in total. The predicted molar refractivity (Wildman–Crippen MR) is 92.5 cm³/mol. The van der Waals surface area contributed by atoms with Crippen LogP contribution in [0, 0.1) is 0 Å². The molecular formula is C16H23Cl2N3O. The second-order valence-electron chi connectivity index (χ2n) is 5.33. The van der Waals surface area contributed by atoms with E-state index in [1.165, 1.54) is 5.56 Å². The summed E-state index contributed by atoms with van der Waals surface area (Å²) < 4.78 is 8.12. The first kappa shape index (κ1) is 19.0. The maximum Gasteiger partial charge on any atom is 0.0956 e. The summed E-state index contributed by atoms with van der Waals surface area (Å²) in [6, 6.07) is 10.4. The Hall–Kier alpha value is -1.07. The molecule has 1 saturated heterocycles. The van der Waals surface area contributed by atoms with Gasteiger partial charge in [0.15, 0.2) is 0 Å². The molecule has 1 aliphatic heterocycles. The fourth-order valence-electron chi connectivity index (χ4n) is 2.61. The molecule has 1 aromatic heterocycles. The Morgan fingerprint density at radius 2 is 1.82 bits per heavy atom. The van der Waals surface area contributed by atoms with Gasteiger partial charge in [-0.2, -0.15) is 0 Å². The standard InChI is InChI=1S/C16H21N3O.2ClH/c1-2-4-15(5-3-1)12-20-16-6-9-18(10-7-16)14-19-11-8-17-13-19;;/h1-5,8,11,13,16H,6-7,9-10,12,14H2;2*1H. The molecule has 22 heavy (non-hydrogen) atoms. The van der Waals surface area contributed by atoms with Gasteiger partial charge in [-0.1, -0.05) is 30.3 Å². The van der Waals surface area contributed by atoms with E-state index < -0.39 is 0 Å². The molecule has 0 amide bonds. The molecule has 0 aliphatic carbocycles. The summed E-state index contributed by atoms with van der Waals surface area (Å²) in [6.07, 6.45) is 8.34. The van der Waals surface area contributed by atoms with Crippen LogP contribution < -0.4 is 0 Å². The Balaban J connectivity index is 0.00000121. The number of ether oxygens (including phenoxy) is 1. The molecule has 1 aromatic carbocycles. The zero-order valence-corrected chi connectivity index (χ0v) is 14.1. The molecule has 0 radical (unpaired) electrons. The highest BCUT2D eigenvalue weighted by Crippen LogP contribution is 2.16. The summed E-state index contributed by atoms with van der Waals surface area (Å²) in [6.45, 7) is 3.85. The lowest BCUT2D eigenvalue weighted by Crippen LogP contribution is -2.37. The largest absolute Gasteiger partial charge is 0.373 e. The molecule has 2 aromatic rings. The van der Waals surface area contributed by atoms with Crippen molar-refractivity contribution in [2.45, 2.75) is 32.2 Å². The number of likely N-dealkylation sites (tertiary alicyclic amines) is 1. The monoisotopic (exact) mass is 343 g/mol. The van der Waals surface area contributed by atoms with Crippen LogP contribution in [0.3, 0.4) is 0 Å². The van der Waals surface area contributed by atoms with E-state index in [0.29, 0.717) is 6.10 Å². The smallest absolute Gasteiger partial charge is 0.0956 e. The first-order valence-electron chi connectivity index (χ1n) is 7.24. The Labute approximate surface area is 144 Å². The molecule has 0 saturated carbocycles. The zero-order valence-electron chi connectivity index (χ0n) is 12.5. The van der Waals surface area contributed by atoms with E-state index in [2.05, 4.69) is 38.7 Å². The summed E-state index contributed by atoms with van der Waals surface area (Å²) in [4.78, 5) is 6.53. The van der Waals surface area contributed by atoms with E-state index >= 15 is 0 Å². The quantitative estimate of drug-likeness (QED) is 0.833. The van der Waals surface area contributed by atoms with Gasteiger partial charge in [-0.25, -0.2) is 4.98 Å². The lowest BCUT2D eigenvalue weighted by Gasteiger charge is -2.31. The first-order chi connectivity index (χ1) is 9.90. The Morgan fingerprint density at radius 3 is 2.45 bits per heavy atom. The van der Waals surface area contributed by atoms with Crippen molar-refractivity contribution in [2.75, 3.05) is 13.1 Å². The van der Waals surface area contributed by atoms with Crippen LogP contribution >= 0.6 is 24.8 Å². The minimum absolute atomic E-state index is 0. The fraction of sp³-hybridized carbons (Fsp3) is 0.438. The number of rotatable bonds is 5. The normalized spacial score (nSPS) is 15.8. The highest BCUT2D eigenvalue weighted by atomic mass is 35.5. The van der Waals surface area contributed by atoms with Crippen LogP contribution in [-0.4, -0.2) is 33.6 Å². The third-order valence-corrected chi connectivity index (χ3v) is 3.79. The SMILES string of the molecule is Cl.Cl.c1ccc(COC2CCN(Cn3ccnc3)CC2)cc1. The van der Waals surface area contributed by atoms with Gasteiger partial charge in [0.25, 0.3) is 0 Å². The highest BCUT2D eigenvalue weighted by Gasteiger charge is 2.19. The van der Waals surface area contributed by atoms with E-state index in [0.717, 1.165) is 39.2 Å². The van der Waals surface area contributed by atoms with Crippen molar-refractivity contribution in [3.8, 4) is 0 Å². The van der Waals surface area contributed by atoms with Crippen molar-refractivity contribution in [3.05, 3.63) is 54.6 Å². The van der Waals surface area contributed by atoms with Gasteiger partial charge in [0, 0.05) is 25.5 Å². The van der Waals surface area contributed by atoms with Crippen molar-refractivity contribution in [1.82, 2.24) is 14.5 Å². The predicted octanol–water partition coefficient (Wildman–Crippen LogP) is 3.37. The van der Waals surface area contributed by atoms with Gasteiger partial charge in [-0.05, 0) is 18.4 Å². The van der Waals surface area contributed by atoms with Gasteiger partial charge in [0.05, 0.1) is 25.7 Å². The van der Waals surface area contributed by atoms with Gasteiger partial charge < -0.3 is 9.30 Å². The van der Waals surface area contributed by atoms with Gasteiger partial charge in [0.1, 0.15) is 0 Å². The Morgan fingerprint density at radius 1 is 1.09 bits per heavy atom. The maximum absolute atomic E-state index is 6.01. The molecule has 3 rings (SSSR count). The highest BCUT2D eigenvalue weighted by molar-refractivity contribution is 5.85. The van der Waals surface area contributed by atoms with E-state index in [9.17, 15) is 0 Å². The molecule has 1 fully saturated rings. The number of nitrogens with zero attached hydrogens (tertiary/aromatic N) is 3. The molecule has 122 valence electrons. The first-order valence-corrected chi connectivity index (χ1v) is 7.24. The van der Waals surface area contributed by atoms with Crippen LogP contribution in [0.4, 0.5) is 0 Å². The van der Waals surface area contributed by atoms with Gasteiger partial charge in [-0.15, -0.1) is 24.8 Å². The number of halogens is 2. The number of hydrogen-bond donors (Lipinski definition) is 0. The number of benzene rings is 1. The second-order valence-corrected chi connectivity index (χ2v) is 5.33. The molecule has 1 aliphatic rings. The minimum Gasteiger partial charge on any atom is -0.373 e. The summed E-state index contributed by atoms with van der Waals surface area (Å²) in [5, 5.41) is 0. The molecule has 0 unspecified atom stereocenters. The molecule has 4 nitrogen and oxygen atoms in total. The third kappa shape index (κ3) is 5.61. The number of piperidine rings is 1. The topological polar surface area (TPSA) is 30.3 Å². The third-order valence-electron chi connectivity index (χ3n) is 3.79. The number of hydrogen-bond acceptors (Lipinski definition) is 3. The van der Waals surface area contributed by atoms with Crippen LogP contribution in [0.1, 0.15) is 18.4 Å². The minimum atomic E-state index is 0. The van der Waals surface area contributed by atoms with E-state index in [4.69, 9.17) is 4.74 Å². The molecule has 6 heteroatoms. The van der Waals surface area contributed by atoms with Gasteiger partial charge in [0.2, 0.25) is 0 Å². The number of aromatic nitrogens is 2. The lowest BCUT2D eigenvalue weighted by molar-refractivity contribution is -0.00819. The molecule has 0 spiro atoms. The average molecular weight is 344 g/mol.